The standard InChI is InChI=1S/C6H12N4.C2H7NO/c1-7-2-9-4-8(1)5-10(3-7)6-9;3-1-2-4/h1-6H2;4H,1-3H2. The Morgan fingerprint density at radius 3 is 1.14 bits per heavy atom. The van der Waals surface area contributed by atoms with Crippen molar-refractivity contribution in [2.24, 2.45) is 5.73 Å². The van der Waals surface area contributed by atoms with E-state index < -0.39 is 0 Å². The first-order valence-electron chi connectivity index (χ1n) is 5.02. The maximum absolute atomic E-state index is 7.75. The van der Waals surface area contributed by atoms with Gasteiger partial charge in [-0.25, -0.2) is 0 Å². The Balaban J connectivity index is 0.000000165. The van der Waals surface area contributed by atoms with E-state index in [1.165, 1.54) is 40.0 Å². The molecule has 0 atom stereocenters. The number of nitrogens with zero attached hydrogens (tertiary/aromatic N) is 4. The summed E-state index contributed by atoms with van der Waals surface area (Å²) in [6.07, 6.45) is 0. The van der Waals surface area contributed by atoms with E-state index in [4.69, 9.17) is 10.8 Å². The molecule has 82 valence electrons. The molecule has 4 saturated heterocycles. The van der Waals surface area contributed by atoms with Gasteiger partial charge in [-0.15, -0.1) is 0 Å². The molecule has 0 aromatic carbocycles. The van der Waals surface area contributed by atoms with Crippen molar-refractivity contribution >= 4 is 0 Å². The minimum atomic E-state index is 0.0972. The van der Waals surface area contributed by atoms with Crippen LogP contribution in [0.2, 0.25) is 0 Å². The van der Waals surface area contributed by atoms with Gasteiger partial charge in [0.2, 0.25) is 0 Å². The molecule has 0 aliphatic carbocycles. The Hall–Kier alpha value is -0.240. The van der Waals surface area contributed by atoms with Crippen LogP contribution in [0.5, 0.6) is 0 Å². The summed E-state index contributed by atoms with van der Waals surface area (Å²) in [6.45, 7) is 7.60. The van der Waals surface area contributed by atoms with Crippen LogP contribution in [0.4, 0.5) is 0 Å². The zero-order valence-corrected chi connectivity index (χ0v) is 8.47. The SMILES string of the molecule is C1N2CN3CN1CN(C2)C3.NCCO. The van der Waals surface area contributed by atoms with Gasteiger partial charge in [-0.2, -0.15) is 0 Å². The van der Waals surface area contributed by atoms with E-state index in [-0.39, 0.29) is 6.61 Å². The number of aliphatic hydroxyl groups excluding tert-OH is 1. The monoisotopic (exact) mass is 201 g/mol. The average molecular weight is 201 g/mol. The van der Waals surface area contributed by atoms with Crippen molar-refractivity contribution < 1.29 is 5.11 Å². The van der Waals surface area contributed by atoms with Crippen molar-refractivity contribution in [2.75, 3.05) is 53.2 Å². The Morgan fingerprint density at radius 2 is 1.00 bits per heavy atom. The highest BCUT2D eigenvalue weighted by atomic mass is 16.3. The van der Waals surface area contributed by atoms with Crippen LogP contribution >= 0.6 is 0 Å². The first kappa shape index (κ1) is 10.3. The van der Waals surface area contributed by atoms with E-state index >= 15 is 0 Å². The molecule has 0 amide bonds. The van der Waals surface area contributed by atoms with Gasteiger partial charge >= 0.3 is 0 Å². The molecule has 4 aliphatic heterocycles. The quantitative estimate of drug-likeness (QED) is 0.508. The molecule has 0 aromatic heterocycles. The Kier molecular flexibility index (Phi) is 3.32. The highest BCUT2D eigenvalue weighted by Crippen LogP contribution is 2.20. The Morgan fingerprint density at radius 1 is 0.786 bits per heavy atom. The summed E-state index contributed by atoms with van der Waals surface area (Å²) in [5, 5.41) is 7.75. The van der Waals surface area contributed by atoms with Gasteiger partial charge in [0.05, 0.1) is 46.6 Å². The summed E-state index contributed by atoms with van der Waals surface area (Å²) in [5.74, 6) is 0. The second-order valence-electron chi connectivity index (χ2n) is 4.04. The average Bonchev–Trinajstić information content (AvgIpc) is 2.16. The van der Waals surface area contributed by atoms with Gasteiger partial charge < -0.3 is 10.8 Å². The Labute approximate surface area is 84.5 Å². The van der Waals surface area contributed by atoms with E-state index in [1.807, 2.05) is 0 Å². The Bertz CT molecular complexity index is 130. The van der Waals surface area contributed by atoms with Crippen molar-refractivity contribution in [3.63, 3.8) is 0 Å². The van der Waals surface area contributed by atoms with Crippen LogP contribution in [0, 0.1) is 0 Å². The normalized spacial score (nSPS) is 43.3. The predicted molar refractivity (Wildman–Crippen MR) is 52.7 cm³/mol. The van der Waals surface area contributed by atoms with Gasteiger partial charge in [0.1, 0.15) is 0 Å². The van der Waals surface area contributed by atoms with E-state index in [2.05, 4.69) is 19.6 Å². The van der Waals surface area contributed by atoms with Gasteiger partial charge in [0, 0.05) is 6.54 Å². The lowest BCUT2D eigenvalue weighted by Gasteiger charge is -2.56. The minimum absolute atomic E-state index is 0.0972. The summed E-state index contributed by atoms with van der Waals surface area (Å²) < 4.78 is 0. The lowest BCUT2D eigenvalue weighted by molar-refractivity contribution is -0.194. The van der Waals surface area contributed by atoms with E-state index in [0.29, 0.717) is 6.54 Å². The molecule has 14 heavy (non-hydrogen) atoms. The van der Waals surface area contributed by atoms with Crippen molar-refractivity contribution in [1.29, 1.82) is 0 Å². The second-order valence-corrected chi connectivity index (χ2v) is 4.04. The van der Waals surface area contributed by atoms with Gasteiger partial charge in [-0.05, 0) is 0 Å². The molecule has 6 heteroatoms. The molecule has 0 radical (unpaired) electrons. The third-order valence-corrected chi connectivity index (χ3v) is 2.53. The summed E-state index contributed by atoms with van der Waals surface area (Å²) in [6, 6.07) is 0. The third-order valence-electron chi connectivity index (χ3n) is 2.53. The van der Waals surface area contributed by atoms with Crippen molar-refractivity contribution in [3.8, 4) is 0 Å². The van der Waals surface area contributed by atoms with Crippen LogP contribution < -0.4 is 5.73 Å². The molecular formula is C8H19N5O. The molecule has 3 N–H and O–H groups in total. The molecule has 0 saturated carbocycles. The summed E-state index contributed by atoms with van der Waals surface area (Å²) >= 11 is 0. The van der Waals surface area contributed by atoms with Gasteiger partial charge in [-0.3, -0.25) is 19.6 Å². The van der Waals surface area contributed by atoms with E-state index in [1.54, 1.807) is 0 Å². The molecule has 4 fully saturated rings. The number of rotatable bonds is 1. The highest BCUT2D eigenvalue weighted by Gasteiger charge is 2.36. The van der Waals surface area contributed by atoms with Crippen molar-refractivity contribution in [2.45, 2.75) is 0 Å². The lowest BCUT2D eigenvalue weighted by atomic mass is 10.4. The largest absolute Gasteiger partial charge is 0.395 e. The van der Waals surface area contributed by atoms with Gasteiger partial charge in [0.25, 0.3) is 0 Å². The fraction of sp³-hybridized carbons (Fsp3) is 1.00. The minimum Gasteiger partial charge on any atom is -0.395 e. The molecule has 4 aliphatic rings. The van der Waals surface area contributed by atoms with E-state index in [0.717, 1.165) is 0 Å². The molecule has 0 unspecified atom stereocenters. The summed E-state index contributed by atoms with van der Waals surface area (Å²) in [4.78, 5) is 9.88. The van der Waals surface area contributed by atoms with Crippen LogP contribution in [-0.2, 0) is 0 Å². The van der Waals surface area contributed by atoms with Crippen LogP contribution in [0.25, 0.3) is 0 Å². The van der Waals surface area contributed by atoms with Crippen LogP contribution in [0.15, 0.2) is 0 Å². The van der Waals surface area contributed by atoms with Crippen LogP contribution in [0.3, 0.4) is 0 Å². The topological polar surface area (TPSA) is 59.2 Å². The number of aliphatic hydroxyl groups is 1. The number of nitrogens with two attached hydrogens (primary N) is 1. The third kappa shape index (κ3) is 2.22. The molecule has 4 rings (SSSR count). The van der Waals surface area contributed by atoms with Crippen molar-refractivity contribution in [1.82, 2.24) is 19.6 Å². The van der Waals surface area contributed by atoms with Crippen molar-refractivity contribution in [3.05, 3.63) is 0 Å². The van der Waals surface area contributed by atoms with Crippen LogP contribution in [0.1, 0.15) is 0 Å². The van der Waals surface area contributed by atoms with E-state index in [9.17, 15) is 0 Å². The molecule has 0 aromatic rings. The highest BCUT2D eigenvalue weighted by molar-refractivity contribution is 4.79. The summed E-state index contributed by atoms with van der Waals surface area (Å²) in [5.41, 5.74) is 4.78. The molecule has 6 nitrogen and oxygen atoms in total. The zero-order chi connectivity index (χ0) is 9.97. The van der Waals surface area contributed by atoms with Gasteiger partial charge in [0.15, 0.2) is 0 Å². The lowest BCUT2D eigenvalue weighted by Crippen LogP contribution is -2.71. The second kappa shape index (κ2) is 4.52. The first-order chi connectivity index (χ1) is 6.81. The fourth-order valence-electron chi connectivity index (χ4n) is 2.23. The smallest absolute Gasteiger partial charge is 0.0555 e. The van der Waals surface area contributed by atoms with Gasteiger partial charge in [-0.1, -0.05) is 0 Å². The molecule has 4 bridgehead atoms. The first-order valence-corrected chi connectivity index (χ1v) is 5.02. The zero-order valence-electron chi connectivity index (χ0n) is 8.47. The number of hydrogen-bond donors (Lipinski definition) is 2. The predicted octanol–water partition coefficient (Wildman–Crippen LogP) is -2.08. The number of hydrogen-bond acceptors (Lipinski definition) is 6. The fourth-order valence-corrected chi connectivity index (χ4v) is 2.23. The molecule has 0 spiro atoms. The molecule has 4 heterocycles. The maximum Gasteiger partial charge on any atom is 0.0555 e. The maximum atomic E-state index is 7.75. The van der Waals surface area contributed by atoms with Crippen LogP contribution in [-0.4, -0.2) is 77.9 Å². The molecular weight excluding hydrogens is 182 g/mol. The summed E-state index contributed by atoms with van der Waals surface area (Å²) in [7, 11) is 0.